The average Bonchev–Trinajstić information content (AvgIpc) is 2.66. The summed E-state index contributed by atoms with van der Waals surface area (Å²) in [7, 11) is 0. The molecule has 1 aliphatic heterocycles. The van der Waals surface area contributed by atoms with E-state index in [1.54, 1.807) is 0 Å². The Hall–Kier alpha value is -1.06. The van der Waals surface area contributed by atoms with Crippen molar-refractivity contribution in [2.75, 3.05) is 13.2 Å². The molecule has 82 valence electrons. The smallest absolute Gasteiger partial charge is 0.119 e. The molecule has 1 saturated heterocycles. The van der Waals surface area contributed by atoms with E-state index in [0.29, 0.717) is 6.61 Å². The van der Waals surface area contributed by atoms with Crippen LogP contribution < -0.4 is 10.5 Å². The molecular weight excluding hydrogens is 190 g/mol. The standard InChI is InChI=1S/C12H17NO2/c1-2-14-10-5-3-9(4-6-10)12-11(13)7-8-15-12/h3-6,11-12H,2,7-8,13H2,1H3. The van der Waals surface area contributed by atoms with Gasteiger partial charge in [0.1, 0.15) is 5.75 Å². The van der Waals surface area contributed by atoms with Crippen LogP contribution in [0.5, 0.6) is 5.75 Å². The van der Waals surface area contributed by atoms with Crippen LogP contribution in [-0.4, -0.2) is 19.3 Å². The van der Waals surface area contributed by atoms with Crippen LogP contribution in [0, 0.1) is 0 Å². The first-order chi connectivity index (χ1) is 7.31. The van der Waals surface area contributed by atoms with Crippen molar-refractivity contribution in [2.24, 2.45) is 5.73 Å². The van der Waals surface area contributed by atoms with Gasteiger partial charge < -0.3 is 15.2 Å². The van der Waals surface area contributed by atoms with Crippen molar-refractivity contribution in [1.29, 1.82) is 0 Å². The molecule has 1 aromatic carbocycles. The fraction of sp³-hybridized carbons (Fsp3) is 0.500. The van der Waals surface area contributed by atoms with Crippen LogP contribution in [0.15, 0.2) is 24.3 Å². The summed E-state index contributed by atoms with van der Waals surface area (Å²) in [6, 6.07) is 8.12. The van der Waals surface area contributed by atoms with Crippen molar-refractivity contribution < 1.29 is 9.47 Å². The Morgan fingerprint density at radius 3 is 2.67 bits per heavy atom. The second-order valence-corrected chi connectivity index (χ2v) is 3.75. The molecule has 3 nitrogen and oxygen atoms in total. The van der Waals surface area contributed by atoms with Gasteiger partial charge in [0, 0.05) is 12.6 Å². The number of benzene rings is 1. The molecule has 2 atom stereocenters. The second-order valence-electron chi connectivity index (χ2n) is 3.75. The molecule has 1 aromatic rings. The first-order valence-corrected chi connectivity index (χ1v) is 5.41. The first-order valence-electron chi connectivity index (χ1n) is 5.41. The molecule has 0 saturated carbocycles. The molecule has 0 amide bonds. The molecule has 0 bridgehead atoms. The molecule has 1 aliphatic rings. The van der Waals surface area contributed by atoms with Crippen LogP contribution >= 0.6 is 0 Å². The Morgan fingerprint density at radius 1 is 1.40 bits per heavy atom. The highest BCUT2D eigenvalue weighted by Crippen LogP contribution is 2.28. The lowest BCUT2D eigenvalue weighted by atomic mass is 10.0. The van der Waals surface area contributed by atoms with Gasteiger partial charge in [-0.3, -0.25) is 0 Å². The summed E-state index contributed by atoms with van der Waals surface area (Å²) in [5, 5.41) is 0. The van der Waals surface area contributed by atoms with Crippen LogP contribution in [0.3, 0.4) is 0 Å². The van der Waals surface area contributed by atoms with Gasteiger partial charge in [-0.15, -0.1) is 0 Å². The third-order valence-electron chi connectivity index (χ3n) is 2.66. The third-order valence-corrected chi connectivity index (χ3v) is 2.66. The predicted molar refractivity (Wildman–Crippen MR) is 58.9 cm³/mol. The molecule has 2 N–H and O–H groups in total. The van der Waals surface area contributed by atoms with E-state index in [1.165, 1.54) is 0 Å². The zero-order chi connectivity index (χ0) is 10.7. The molecule has 0 radical (unpaired) electrons. The normalized spacial score (nSPS) is 25.5. The van der Waals surface area contributed by atoms with E-state index in [9.17, 15) is 0 Å². The molecule has 2 unspecified atom stereocenters. The van der Waals surface area contributed by atoms with Crippen LogP contribution in [0.1, 0.15) is 25.0 Å². The van der Waals surface area contributed by atoms with E-state index < -0.39 is 0 Å². The van der Waals surface area contributed by atoms with Crippen LogP contribution in [0.25, 0.3) is 0 Å². The maximum atomic E-state index is 5.95. The average molecular weight is 207 g/mol. The van der Waals surface area contributed by atoms with E-state index in [1.807, 2.05) is 31.2 Å². The molecule has 1 heterocycles. The number of ether oxygens (including phenoxy) is 2. The summed E-state index contributed by atoms with van der Waals surface area (Å²) in [5.74, 6) is 0.896. The van der Waals surface area contributed by atoms with Gasteiger partial charge >= 0.3 is 0 Å². The second kappa shape index (κ2) is 4.64. The number of nitrogens with two attached hydrogens (primary N) is 1. The Morgan fingerprint density at radius 2 is 2.13 bits per heavy atom. The molecule has 3 heteroatoms. The van der Waals surface area contributed by atoms with Crippen LogP contribution in [0.4, 0.5) is 0 Å². The van der Waals surface area contributed by atoms with Gasteiger partial charge in [-0.25, -0.2) is 0 Å². The van der Waals surface area contributed by atoms with Crippen molar-refractivity contribution >= 4 is 0 Å². The van der Waals surface area contributed by atoms with Gasteiger partial charge in [-0.2, -0.15) is 0 Å². The highest BCUT2D eigenvalue weighted by Gasteiger charge is 2.26. The summed E-state index contributed by atoms with van der Waals surface area (Å²) >= 11 is 0. The van der Waals surface area contributed by atoms with Crippen molar-refractivity contribution in [1.82, 2.24) is 0 Å². The highest BCUT2D eigenvalue weighted by molar-refractivity contribution is 5.29. The summed E-state index contributed by atoms with van der Waals surface area (Å²) < 4.78 is 11.0. The van der Waals surface area contributed by atoms with E-state index in [2.05, 4.69) is 0 Å². The van der Waals surface area contributed by atoms with Crippen LogP contribution in [0.2, 0.25) is 0 Å². The molecule has 2 rings (SSSR count). The molecule has 1 fully saturated rings. The van der Waals surface area contributed by atoms with Gasteiger partial charge in [0.05, 0.1) is 12.7 Å². The number of rotatable bonds is 3. The van der Waals surface area contributed by atoms with Crippen molar-refractivity contribution in [2.45, 2.75) is 25.5 Å². The fourth-order valence-electron chi connectivity index (χ4n) is 1.87. The van der Waals surface area contributed by atoms with Crippen molar-refractivity contribution in [3.8, 4) is 5.75 Å². The van der Waals surface area contributed by atoms with E-state index in [-0.39, 0.29) is 12.1 Å². The third kappa shape index (κ3) is 2.30. The summed E-state index contributed by atoms with van der Waals surface area (Å²) in [4.78, 5) is 0. The van der Waals surface area contributed by atoms with Gasteiger partial charge in [0.25, 0.3) is 0 Å². The number of hydrogen-bond acceptors (Lipinski definition) is 3. The monoisotopic (exact) mass is 207 g/mol. The zero-order valence-electron chi connectivity index (χ0n) is 8.98. The summed E-state index contributed by atoms with van der Waals surface area (Å²) in [5.41, 5.74) is 7.09. The molecule has 0 spiro atoms. The zero-order valence-corrected chi connectivity index (χ0v) is 8.98. The van der Waals surface area contributed by atoms with E-state index >= 15 is 0 Å². The maximum Gasteiger partial charge on any atom is 0.119 e. The summed E-state index contributed by atoms with van der Waals surface area (Å²) in [6.07, 6.45) is 0.999. The lowest BCUT2D eigenvalue weighted by Gasteiger charge is -2.15. The van der Waals surface area contributed by atoms with Gasteiger partial charge in [0.15, 0.2) is 0 Å². The minimum absolute atomic E-state index is 0.0562. The molecule has 0 aromatic heterocycles. The molecular formula is C12H17NO2. The van der Waals surface area contributed by atoms with E-state index in [0.717, 1.165) is 24.3 Å². The Bertz CT molecular complexity index is 310. The minimum atomic E-state index is 0.0562. The topological polar surface area (TPSA) is 44.5 Å². The minimum Gasteiger partial charge on any atom is -0.494 e. The van der Waals surface area contributed by atoms with Crippen molar-refractivity contribution in [3.63, 3.8) is 0 Å². The molecule has 0 aliphatic carbocycles. The quantitative estimate of drug-likeness (QED) is 0.823. The van der Waals surface area contributed by atoms with E-state index in [4.69, 9.17) is 15.2 Å². The van der Waals surface area contributed by atoms with Crippen LogP contribution in [-0.2, 0) is 4.74 Å². The lowest BCUT2D eigenvalue weighted by molar-refractivity contribution is 0.105. The Balaban J connectivity index is 2.09. The van der Waals surface area contributed by atoms with Gasteiger partial charge in [-0.05, 0) is 31.0 Å². The Labute approximate surface area is 90.2 Å². The summed E-state index contributed by atoms with van der Waals surface area (Å²) in [6.45, 7) is 3.43. The predicted octanol–water partition coefficient (Wildman–Crippen LogP) is 1.87. The van der Waals surface area contributed by atoms with Crippen molar-refractivity contribution in [3.05, 3.63) is 29.8 Å². The number of hydrogen-bond donors (Lipinski definition) is 1. The molecule has 15 heavy (non-hydrogen) atoms. The first kappa shape index (κ1) is 10.5. The maximum absolute atomic E-state index is 5.95. The van der Waals surface area contributed by atoms with Gasteiger partial charge in [-0.1, -0.05) is 12.1 Å². The fourth-order valence-corrected chi connectivity index (χ4v) is 1.87. The SMILES string of the molecule is CCOc1ccc(C2OCCC2N)cc1. The lowest BCUT2D eigenvalue weighted by Crippen LogP contribution is -2.23. The Kier molecular flexibility index (Phi) is 3.23. The highest BCUT2D eigenvalue weighted by atomic mass is 16.5. The van der Waals surface area contributed by atoms with Gasteiger partial charge in [0.2, 0.25) is 0 Å². The largest absolute Gasteiger partial charge is 0.494 e.